The first-order valence-electron chi connectivity index (χ1n) is 8.90. The van der Waals surface area contributed by atoms with Crippen molar-refractivity contribution in [2.75, 3.05) is 13.7 Å². The van der Waals surface area contributed by atoms with E-state index in [2.05, 4.69) is 0 Å². The number of nitrogens with zero attached hydrogens (tertiary/aromatic N) is 1. The first kappa shape index (κ1) is 16.6. The molecule has 134 valence electrons. The molecule has 2 aliphatic rings. The number of hydrogen-bond acceptors (Lipinski definition) is 4. The molecule has 0 spiro atoms. The van der Waals surface area contributed by atoms with E-state index < -0.39 is 12.1 Å². The third-order valence-corrected chi connectivity index (χ3v) is 5.18. The zero-order valence-corrected chi connectivity index (χ0v) is 14.7. The van der Waals surface area contributed by atoms with Gasteiger partial charge in [0.2, 0.25) is 0 Å². The predicted molar refractivity (Wildman–Crippen MR) is 96.0 cm³/mol. The van der Waals surface area contributed by atoms with E-state index in [9.17, 15) is 9.59 Å². The molecule has 2 aromatic rings. The summed E-state index contributed by atoms with van der Waals surface area (Å²) in [5, 5.41) is 0. The van der Waals surface area contributed by atoms with Crippen LogP contribution < -0.4 is 4.74 Å². The first-order chi connectivity index (χ1) is 12.7. The van der Waals surface area contributed by atoms with Crippen molar-refractivity contribution in [3.63, 3.8) is 0 Å². The quantitative estimate of drug-likeness (QED) is 0.797. The van der Waals surface area contributed by atoms with Crippen molar-refractivity contribution in [1.29, 1.82) is 0 Å². The van der Waals surface area contributed by atoms with Crippen molar-refractivity contribution in [3.8, 4) is 5.75 Å². The fourth-order valence-electron chi connectivity index (χ4n) is 3.88. The summed E-state index contributed by atoms with van der Waals surface area (Å²) in [5.41, 5.74) is 2.49. The maximum absolute atomic E-state index is 13.1. The van der Waals surface area contributed by atoms with Gasteiger partial charge in [0.05, 0.1) is 18.7 Å². The lowest BCUT2D eigenvalue weighted by molar-refractivity contribution is -0.142. The van der Waals surface area contributed by atoms with Crippen LogP contribution in [0.4, 0.5) is 0 Å². The minimum absolute atomic E-state index is 0.00604. The predicted octanol–water partition coefficient (Wildman–Crippen LogP) is 3.14. The van der Waals surface area contributed by atoms with Crippen LogP contribution in [0.1, 0.15) is 40.4 Å². The zero-order chi connectivity index (χ0) is 18.1. The summed E-state index contributed by atoms with van der Waals surface area (Å²) in [6.07, 6.45) is 1.52. The molecule has 2 unspecified atom stereocenters. The summed E-state index contributed by atoms with van der Waals surface area (Å²) in [6, 6.07) is 15.1. The van der Waals surface area contributed by atoms with Crippen LogP contribution >= 0.6 is 0 Å². The highest BCUT2D eigenvalue weighted by Gasteiger charge is 2.38. The lowest BCUT2D eigenvalue weighted by Crippen LogP contribution is -2.44. The Balaban J connectivity index is 1.57. The van der Waals surface area contributed by atoms with Gasteiger partial charge in [-0.2, -0.15) is 0 Å². The molecule has 2 aromatic carbocycles. The monoisotopic (exact) mass is 351 g/mol. The number of rotatable bonds is 3. The van der Waals surface area contributed by atoms with Gasteiger partial charge in [-0.15, -0.1) is 0 Å². The third-order valence-electron chi connectivity index (χ3n) is 5.18. The Morgan fingerprint density at radius 2 is 2.04 bits per heavy atom. The molecule has 4 rings (SSSR count). The minimum Gasteiger partial charge on any atom is -0.497 e. The maximum atomic E-state index is 13.1. The van der Waals surface area contributed by atoms with Crippen LogP contribution in [0, 0.1) is 0 Å². The number of ether oxygens (including phenoxy) is 2. The average molecular weight is 351 g/mol. The SMILES string of the molecule is COc1cccc(C2CCCN2C(=O)C2Cc3ccccc3C(=O)O2)c1. The number of likely N-dealkylation sites (tertiary alicyclic amines) is 1. The summed E-state index contributed by atoms with van der Waals surface area (Å²) >= 11 is 0. The molecule has 0 saturated carbocycles. The smallest absolute Gasteiger partial charge is 0.339 e. The zero-order valence-electron chi connectivity index (χ0n) is 14.7. The van der Waals surface area contributed by atoms with Gasteiger partial charge in [0.25, 0.3) is 5.91 Å². The van der Waals surface area contributed by atoms with Crippen LogP contribution in [0.15, 0.2) is 48.5 Å². The molecule has 1 fully saturated rings. The number of hydrogen-bond donors (Lipinski definition) is 0. The highest BCUT2D eigenvalue weighted by Crippen LogP contribution is 2.35. The third kappa shape index (κ3) is 2.94. The Morgan fingerprint density at radius 1 is 1.19 bits per heavy atom. The molecule has 5 heteroatoms. The van der Waals surface area contributed by atoms with E-state index in [-0.39, 0.29) is 11.9 Å². The van der Waals surface area contributed by atoms with Crippen LogP contribution in [-0.2, 0) is 16.0 Å². The van der Waals surface area contributed by atoms with Gasteiger partial charge in [-0.3, -0.25) is 4.79 Å². The number of methoxy groups -OCH3 is 1. The molecule has 2 atom stereocenters. The highest BCUT2D eigenvalue weighted by atomic mass is 16.5. The number of benzene rings is 2. The van der Waals surface area contributed by atoms with Crippen molar-refractivity contribution in [1.82, 2.24) is 4.90 Å². The first-order valence-corrected chi connectivity index (χ1v) is 8.90. The molecule has 5 nitrogen and oxygen atoms in total. The highest BCUT2D eigenvalue weighted by molar-refractivity contribution is 5.95. The second-order valence-corrected chi connectivity index (χ2v) is 6.72. The molecule has 2 heterocycles. The van der Waals surface area contributed by atoms with Gasteiger partial charge in [-0.05, 0) is 42.2 Å². The molecule has 26 heavy (non-hydrogen) atoms. The molecule has 0 aliphatic carbocycles. The molecule has 0 radical (unpaired) electrons. The topological polar surface area (TPSA) is 55.8 Å². The van der Waals surface area contributed by atoms with E-state index in [1.54, 1.807) is 13.2 Å². The standard InChI is InChI=1S/C21H21NO4/c1-25-16-8-4-7-15(12-16)18-10-5-11-22(18)20(23)19-13-14-6-2-3-9-17(14)21(24)26-19/h2-4,6-9,12,18-19H,5,10-11,13H2,1H3. The van der Waals surface area contributed by atoms with Gasteiger partial charge < -0.3 is 14.4 Å². The number of cyclic esters (lactones) is 1. The van der Waals surface area contributed by atoms with Gasteiger partial charge in [-0.1, -0.05) is 30.3 Å². The number of fused-ring (bicyclic) bond motifs is 1. The molecule has 1 saturated heterocycles. The van der Waals surface area contributed by atoms with Gasteiger partial charge in [0.1, 0.15) is 5.75 Å². The van der Waals surface area contributed by atoms with Gasteiger partial charge in [0.15, 0.2) is 6.10 Å². The van der Waals surface area contributed by atoms with Gasteiger partial charge >= 0.3 is 5.97 Å². The Bertz CT molecular complexity index is 847. The summed E-state index contributed by atoms with van der Waals surface area (Å²) in [7, 11) is 1.63. The van der Waals surface area contributed by atoms with E-state index in [1.165, 1.54) is 0 Å². The van der Waals surface area contributed by atoms with Crippen LogP contribution in [0.25, 0.3) is 0 Å². The molecular formula is C21H21NO4. The minimum atomic E-state index is -0.747. The summed E-state index contributed by atoms with van der Waals surface area (Å²) in [5.74, 6) is 0.250. The molecule has 0 aromatic heterocycles. The molecule has 1 amide bonds. The van der Waals surface area contributed by atoms with Crippen molar-refractivity contribution >= 4 is 11.9 Å². The molecular weight excluding hydrogens is 330 g/mol. The van der Waals surface area contributed by atoms with E-state index in [0.717, 1.165) is 29.7 Å². The lowest BCUT2D eigenvalue weighted by Gasteiger charge is -2.31. The Hall–Kier alpha value is -2.82. The van der Waals surface area contributed by atoms with Crippen molar-refractivity contribution in [2.45, 2.75) is 31.4 Å². The maximum Gasteiger partial charge on any atom is 0.339 e. The molecule has 0 bridgehead atoms. The van der Waals surface area contributed by atoms with E-state index in [4.69, 9.17) is 9.47 Å². The Morgan fingerprint density at radius 3 is 2.88 bits per heavy atom. The van der Waals surface area contributed by atoms with Crippen LogP contribution in [0.5, 0.6) is 5.75 Å². The van der Waals surface area contributed by atoms with Crippen LogP contribution in [0.3, 0.4) is 0 Å². The van der Waals surface area contributed by atoms with E-state index >= 15 is 0 Å². The van der Waals surface area contributed by atoms with Crippen molar-refractivity contribution in [3.05, 3.63) is 65.2 Å². The second kappa shape index (κ2) is 6.83. The van der Waals surface area contributed by atoms with Crippen molar-refractivity contribution in [2.24, 2.45) is 0 Å². The average Bonchev–Trinajstić information content (AvgIpc) is 3.17. The lowest BCUT2D eigenvalue weighted by atomic mass is 9.97. The summed E-state index contributed by atoms with van der Waals surface area (Å²) < 4.78 is 10.8. The van der Waals surface area contributed by atoms with Crippen LogP contribution in [0.2, 0.25) is 0 Å². The van der Waals surface area contributed by atoms with Crippen LogP contribution in [-0.4, -0.2) is 36.5 Å². The fourth-order valence-corrected chi connectivity index (χ4v) is 3.88. The van der Waals surface area contributed by atoms with E-state index in [0.29, 0.717) is 18.5 Å². The Kier molecular flexibility index (Phi) is 4.37. The molecule has 0 N–H and O–H groups in total. The van der Waals surface area contributed by atoms with E-state index in [1.807, 2.05) is 47.4 Å². The number of carbonyl (C=O) groups is 2. The fraction of sp³-hybridized carbons (Fsp3) is 0.333. The number of esters is 1. The largest absolute Gasteiger partial charge is 0.497 e. The van der Waals surface area contributed by atoms with Gasteiger partial charge in [-0.25, -0.2) is 4.79 Å². The summed E-state index contributed by atoms with van der Waals surface area (Å²) in [4.78, 5) is 27.2. The van der Waals surface area contributed by atoms with Crippen molar-refractivity contribution < 1.29 is 19.1 Å². The number of amides is 1. The normalized spacial score (nSPS) is 21.9. The number of carbonyl (C=O) groups excluding carboxylic acids is 2. The van der Waals surface area contributed by atoms with Gasteiger partial charge in [0, 0.05) is 13.0 Å². The molecule has 2 aliphatic heterocycles. The Labute approximate surface area is 152 Å². The summed E-state index contributed by atoms with van der Waals surface area (Å²) in [6.45, 7) is 0.677. The second-order valence-electron chi connectivity index (χ2n) is 6.72.